The fraction of sp³-hybridized carbons (Fsp3) is 0.458. The summed E-state index contributed by atoms with van der Waals surface area (Å²) >= 11 is 0. The number of anilines is 2. The lowest BCUT2D eigenvalue weighted by molar-refractivity contribution is 0.285. The highest BCUT2D eigenvalue weighted by Crippen LogP contribution is 2.32. The van der Waals surface area contributed by atoms with E-state index in [4.69, 9.17) is 4.98 Å². The Morgan fingerprint density at radius 2 is 1.93 bits per heavy atom. The van der Waals surface area contributed by atoms with Gasteiger partial charge >= 0.3 is 0 Å². The van der Waals surface area contributed by atoms with E-state index < -0.39 is 0 Å². The van der Waals surface area contributed by atoms with Gasteiger partial charge in [0.25, 0.3) is 0 Å². The first-order valence-electron chi connectivity index (χ1n) is 10.9. The Hall–Kier alpha value is -2.73. The van der Waals surface area contributed by atoms with E-state index in [1.54, 1.807) is 0 Å². The second kappa shape index (κ2) is 8.96. The van der Waals surface area contributed by atoms with Gasteiger partial charge in [-0.3, -0.25) is 4.98 Å². The van der Waals surface area contributed by atoms with Crippen LogP contribution < -0.4 is 10.2 Å². The van der Waals surface area contributed by atoms with Crippen LogP contribution in [0.1, 0.15) is 26.7 Å². The first-order chi connectivity index (χ1) is 14.5. The minimum Gasteiger partial charge on any atom is -0.368 e. The van der Waals surface area contributed by atoms with Gasteiger partial charge in [-0.1, -0.05) is 0 Å². The van der Waals surface area contributed by atoms with E-state index in [9.17, 15) is 0 Å². The molecule has 0 amide bonds. The van der Waals surface area contributed by atoms with Crippen LogP contribution in [0.3, 0.4) is 0 Å². The van der Waals surface area contributed by atoms with Crippen LogP contribution in [0.5, 0.6) is 0 Å². The molecule has 0 unspecified atom stereocenters. The maximum atomic E-state index is 5.13. The normalized spacial score (nSPS) is 15.3. The van der Waals surface area contributed by atoms with Crippen molar-refractivity contribution in [3.05, 3.63) is 42.9 Å². The van der Waals surface area contributed by atoms with Crippen molar-refractivity contribution in [1.29, 1.82) is 0 Å². The average molecular weight is 405 g/mol. The van der Waals surface area contributed by atoms with Crippen molar-refractivity contribution >= 4 is 22.4 Å². The highest BCUT2D eigenvalue weighted by atomic mass is 15.2. The fourth-order valence-electron chi connectivity index (χ4n) is 4.28. The second-order valence-corrected chi connectivity index (χ2v) is 8.85. The summed E-state index contributed by atoms with van der Waals surface area (Å²) in [6.07, 6.45) is 8.06. The van der Waals surface area contributed by atoms with Gasteiger partial charge < -0.3 is 15.1 Å². The van der Waals surface area contributed by atoms with E-state index in [0.29, 0.717) is 6.04 Å². The van der Waals surface area contributed by atoms with Gasteiger partial charge in [0.15, 0.2) is 0 Å². The molecular weight excluding hydrogens is 372 g/mol. The number of aromatic nitrogens is 3. The molecule has 0 spiro atoms. The standard InChI is InChI=1S/C24H32N6/c1-17(2)27-23-14-19(5-10-26-23)22-13-20-15-25-9-6-21(20)24(28-22)30-11-7-18(8-12-30)16-29(3)4/h5-6,9-10,13-15,17-18H,7-8,11-12,16H2,1-4H3,(H,26,27). The summed E-state index contributed by atoms with van der Waals surface area (Å²) in [5.74, 6) is 2.71. The maximum absolute atomic E-state index is 5.13. The summed E-state index contributed by atoms with van der Waals surface area (Å²) in [6, 6.07) is 8.67. The zero-order chi connectivity index (χ0) is 21.1. The number of nitrogens with one attached hydrogen (secondary N) is 1. The van der Waals surface area contributed by atoms with Crippen molar-refractivity contribution in [3.8, 4) is 11.3 Å². The van der Waals surface area contributed by atoms with Crippen molar-refractivity contribution in [2.75, 3.05) is 43.9 Å². The lowest BCUT2D eigenvalue weighted by Gasteiger charge is -2.34. The molecule has 0 saturated carbocycles. The molecule has 0 radical (unpaired) electrons. The van der Waals surface area contributed by atoms with Crippen LogP contribution in [-0.4, -0.2) is 59.6 Å². The Bertz CT molecular complexity index is 992. The minimum absolute atomic E-state index is 0.334. The second-order valence-electron chi connectivity index (χ2n) is 8.85. The van der Waals surface area contributed by atoms with Crippen LogP contribution in [-0.2, 0) is 0 Å². The number of rotatable bonds is 6. The molecule has 0 atom stereocenters. The highest BCUT2D eigenvalue weighted by molar-refractivity contribution is 5.94. The topological polar surface area (TPSA) is 57.2 Å². The van der Waals surface area contributed by atoms with Crippen LogP contribution in [0.15, 0.2) is 42.9 Å². The first kappa shape index (κ1) is 20.5. The number of pyridine rings is 3. The van der Waals surface area contributed by atoms with Gasteiger partial charge in [0.2, 0.25) is 0 Å². The lowest BCUT2D eigenvalue weighted by Crippen LogP contribution is -2.37. The number of piperidine rings is 1. The molecule has 1 aliphatic heterocycles. The summed E-state index contributed by atoms with van der Waals surface area (Å²) in [6.45, 7) is 7.49. The van der Waals surface area contributed by atoms with E-state index in [-0.39, 0.29) is 0 Å². The molecule has 1 aliphatic rings. The monoisotopic (exact) mass is 404 g/mol. The van der Waals surface area contributed by atoms with Crippen molar-refractivity contribution in [2.45, 2.75) is 32.7 Å². The summed E-state index contributed by atoms with van der Waals surface area (Å²) in [7, 11) is 4.32. The Balaban J connectivity index is 1.67. The molecule has 0 bridgehead atoms. The Morgan fingerprint density at radius 3 is 2.67 bits per heavy atom. The molecule has 4 rings (SSSR count). The Morgan fingerprint density at radius 1 is 1.13 bits per heavy atom. The summed E-state index contributed by atoms with van der Waals surface area (Å²) in [5, 5.41) is 5.69. The number of nitrogens with zero attached hydrogens (tertiary/aromatic N) is 5. The van der Waals surface area contributed by atoms with Crippen LogP contribution >= 0.6 is 0 Å². The van der Waals surface area contributed by atoms with E-state index in [1.165, 1.54) is 18.2 Å². The van der Waals surface area contributed by atoms with Crippen LogP contribution in [0.2, 0.25) is 0 Å². The van der Waals surface area contributed by atoms with Crippen molar-refractivity contribution in [3.63, 3.8) is 0 Å². The molecule has 1 fully saturated rings. The molecule has 158 valence electrons. The number of hydrogen-bond donors (Lipinski definition) is 1. The number of fused-ring (bicyclic) bond motifs is 1. The molecule has 4 heterocycles. The van der Waals surface area contributed by atoms with Gasteiger partial charge in [-0.15, -0.1) is 0 Å². The molecule has 0 aliphatic carbocycles. The largest absolute Gasteiger partial charge is 0.368 e. The van der Waals surface area contributed by atoms with E-state index in [2.05, 4.69) is 71.2 Å². The Labute approximate surface area is 179 Å². The first-order valence-corrected chi connectivity index (χ1v) is 10.9. The average Bonchev–Trinajstić information content (AvgIpc) is 2.73. The minimum atomic E-state index is 0.334. The van der Waals surface area contributed by atoms with Crippen molar-refractivity contribution < 1.29 is 0 Å². The predicted molar refractivity (Wildman–Crippen MR) is 125 cm³/mol. The third kappa shape index (κ3) is 4.70. The molecule has 3 aromatic heterocycles. The molecule has 6 heteroatoms. The quantitative estimate of drug-likeness (QED) is 0.661. The molecule has 6 nitrogen and oxygen atoms in total. The third-order valence-electron chi connectivity index (χ3n) is 5.64. The summed E-state index contributed by atoms with van der Waals surface area (Å²) in [4.78, 5) is 18.7. The van der Waals surface area contributed by atoms with E-state index >= 15 is 0 Å². The lowest BCUT2D eigenvalue weighted by atomic mass is 9.96. The van der Waals surface area contributed by atoms with Crippen LogP contribution in [0.25, 0.3) is 22.0 Å². The van der Waals surface area contributed by atoms with Gasteiger partial charge in [-0.2, -0.15) is 0 Å². The van der Waals surface area contributed by atoms with Gasteiger partial charge in [0, 0.05) is 60.6 Å². The zero-order valence-electron chi connectivity index (χ0n) is 18.5. The predicted octanol–water partition coefficient (Wildman–Crippen LogP) is 4.29. The molecule has 30 heavy (non-hydrogen) atoms. The Kier molecular flexibility index (Phi) is 6.13. The van der Waals surface area contributed by atoms with Gasteiger partial charge in [0.1, 0.15) is 11.6 Å². The van der Waals surface area contributed by atoms with Crippen molar-refractivity contribution in [1.82, 2.24) is 19.9 Å². The molecular formula is C24H32N6. The van der Waals surface area contributed by atoms with Gasteiger partial charge in [0.05, 0.1) is 5.69 Å². The highest BCUT2D eigenvalue weighted by Gasteiger charge is 2.22. The SMILES string of the molecule is CC(C)Nc1cc(-c2cc3cnccc3c(N3CCC(CN(C)C)CC3)n2)ccn1. The van der Waals surface area contributed by atoms with Gasteiger partial charge in [-0.25, -0.2) is 9.97 Å². The summed E-state index contributed by atoms with van der Waals surface area (Å²) < 4.78 is 0. The van der Waals surface area contributed by atoms with E-state index in [0.717, 1.165) is 53.8 Å². The smallest absolute Gasteiger partial charge is 0.137 e. The van der Waals surface area contributed by atoms with Gasteiger partial charge in [-0.05, 0) is 71.0 Å². The zero-order valence-corrected chi connectivity index (χ0v) is 18.5. The third-order valence-corrected chi connectivity index (χ3v) is 5.64. The summed E-state index contributed by atoms with van der Waals surface area (Å²) in [5.41, 5.74) is 2.04. The maximum Gasteiger partial charge on any atom is 0.137 e. The van der Waals surface area contributed by atoms with Crippen molar-refractivity contribution in [2.24, 2.45) is 5.92 Å². The molecule has 3 aromatic rings. The van der Waals surface area contributed by atoms with Crippen LogP contribution in [0, 0.1) is 5.92 Å². The van der Waals surface area contributed by atoms with Crippen LogP contribution in [0.4, 0.5) is 11.6 Å². The molecule has 1 N–H and O–H groups in total. The molecule has 0 aromatic carbocycles. The molecule has 1 saturated heterocycles. The number of hydrogen-bond acceptors (Lipinski definition) is 6. The van der Waals surface area contributed by atoms with E-state index in [1.807, 2.05) is 24.7 Å². The fourth-order valence-corrected chi connectivity index (χ4v) is 4.28.